The Bertz CT molecular complexity index is 275. The van der Waals surface area contributed by atoms with Crippen molar-refractivity contribution in [3.05, 3.63) is 35.1 Å². The van der Waals surface area contributed by atoms with Crippen molar-refractivity contribution >= 4 is 12.6 Å². The maximum Gasteiger partial charge on any atom is 0.128 e. The highest BCUT2D eigenvalue weighted by molar-refractivity contribution is 7.80. The fraction of sp³-hybridized carbons (Fsp3) is 0.333. The Kier molecular flexibility index (Phi) is 3.12. The molecule has 0 saturated heterocycles. The highest BCUT2D eigenvalue weighted by Crippen LogP contribution is 2.16. The van der Waals surface area contributed by atoms with Crippen LogP contribution in [0.4, 0.5) is 4.39 Å². The van der Waals surface area contributed by atoms with Gasteiger partial charge in [0.05, 0.1) is 0 Å². The van der Waals surface area contributed by atoms with Crippen LogP contribution in [-0.2, 0) is 0 Å². The van der Waals surface area contributed by atoms with Crippen molar-refractivity contribution in [3.8, 4) is 0 Å². The normalized spacial score (nSPS) is 13.0. The van der Waals surface area contributed by atoms with Gasteiger partial charge < -0.3 is 5.73 Å². The van der Waals surface area contributed by atoms with Gasteiger partial charge in [0.2, 0.25) is 0 Å². The molecular formula is C9H12FNS. The topological polar surface area (TPSA) is 26.0 Å². The minimum absolute atomic E-state index is 0.239. The highest BCUT2D eigenvalue weighted by Gasteiger charge is 2.08. The van der Waals surface area contributed by atoms with E-state index in [1.54, 1.807) is 6.07 Å². The number of thiol groups is 1. The molecule has 0 saturated carbocycles. The zero-order valence-electron chi connectivity index (χ0n) is 6.92. The number of nitrogens with two attached hydrogens (primary N) is 1. The molecule has 1 aromatic rings. The van der Waals surface area contributed by atoms with Crippen LogP contribution >= 0.6 is 12.6 Å². The molecule has 0 aliphatic rings. The van der Waals surface area contributed by atoms with Gasteiger partial charge in [-0.2, -0.15) is 12.6 Å². The van der Waals surface area contributed by atoms with E-state index in [-0.39, 0.29) is 11.9 Å². The Morgan fingerprint density at radius 1 is 1.58 bits per heavy atom. The van der Waals surface area contributed by atoms with Gasteiger partial charge in [0.15, 0.2) is 0 Å². The van der Waals surface area contributed by atoms with E-state index in [2.05, 4.69) is 12.6 Å². The van der Waals surface area contributed by atoms with Crippen molar-refractivity contribution in [3.63, 3.8) is 0 Å². The monoisotopic (exact) mass is 185 g/mol. The standard InChI is InChI=1S/C9H12FNS/c1-6-2-3-7(8(10)4-6)9(11)5-12/h2-4,9,12H,5,11H2,1H3. The van der Waals surface area contributed by atoms with Crippen molar-refractivity contribution < 1.29 is 4.39 Å². The molecule has 3 heteroatoms. The summed E-state index contributed by atoms with van der Waals surface area (Å²) in [6.07, 6.45) is 0. The first-order chi connectivity index (χ1) is 5.65. The molecule has 1 aromatic carbocycles. The Hall–Kier alpha value is -0.540. The molecule has 66 valence electrons. The van der Waals surface area contributed by atoms with Gasteiger partial charge in [0.25, 0.3) is 0 Å². The van der Waals surface area contributed by atoms with Gasteiger partial charge in [-0.15, -0.1) is 0 Å². The van der Waals surface area contributed by atoms with Crippen LogP contribution in [0.25, 0.3) is 0 Å². The van der Waals surface area contributed by atoms with Crippen LogP contribution in [0.3, 0.4) is 0 Å². The summed E-state index contributed by atoms with van der Waals surface area (Å²) in [5, 5.41) is 0. The molecule has 0 amide bonds. The lowest BCUT2D eigenvalue weighted by molar-refractivity contribution is 0.594. The maximum atomic E-state index is 13.2. The molecule has 1 nitrogen and oxygen atoms in total. The summed E-state index contributed by atoms with van der Waals surface area (Å²) in [6, 6.07) is 4.74. The summed E-state index contributed by atoms with van der Waals surface area (Å²) >= 11 is 4.01. The summed E-state index contributed by atoms with van der Waals surface area (Å²) in [5.41, 5.74) is 7.07. The Labute approximate surface area is 77.2 Å². The molecule has 2 N–H and O–H groups in total. The molecule has 1 atom stereocenters. The number of benzene rings is 1. The maximum absolute atomic E-state index is 13.2. The SMILES string of the molecule is Cc1ccc(C(N)CS)c(F)c1. The molecular weight excluding hydrogens is 173 g/mol. The number of aryl methyl sites for hydroxylation is 1. The molecule has 1 unspecified atom stereocenters. The molecule has 0 aliphatic carbocycles. The van der Waals surface area contributed by atoms with Gasteiger partial charge in [-0.05, 0) is 18.6 Å². The molecule has 0 fully saturated rings. The van der Waals surface area contributed by atoms with Crippen LogP contribution in [0.2, 0.25) is 0 Å². The molecule has 0 spiro atoms. The minimum Gasteiger partial charge on any atom is -0.323 e. The van der Waals surface area contributed by atoms with E-state index in [1.165, 1.54) is 6.07 Å². The average molecular weight is 185 g/mol. The number of rotatable bonds is 2. The smallest absolute Gasteiger partial charge is 0.128 e. The lowest BCUT2D eigenvalue weighted by atomic mass is 10.1. The predicted octanol–water partition coefficient (Wildman–Crippen LogP) is 2.06. The van der Waals surface area contributed by atoms with Crippen molar-refractivity contribution in [2.45, 2.75) is 13.0 Å². The lowest BCUT2D eigenvalue weighted by Crippen LogP contribution is -2.13. The van der Waals surface area contributed by atoms with Crippen molar-refractivity contribution in [2.24, 2.45) is 5.73 Å². The zero-order chi connectivity index (χ0) is 9.14. The van der Waals surface area contributed by atoms with Crippen LogP contribution in [0, 0.1) is 12.7 Å². The van der Waals surface area contributed by atoms with Gasteiger partial charge in [-0.25, -0.2) is 4.39 Å². The summed E-state index contributed by atoms with van der Waals surface area (Å²) in [4.78, 5) is 0. The lowest BCUT2D eigenvalue weighted by Gasteiger charge is -2.09. The van der Waals surface area contributed by atoms with Crippen molar-refractivity contribution in [1.82, 2.24) is 0 Å². The largest absolute Gasteiger partial charge is 0.323 e. The molecule has 0 heterocycles. The van der Waals surface area contributed by atoms with Crippen molar-refractivity contribution in [1.29, 1.82) is 0 Å². The van der Waals surface area contributed by atoms with Crippen LogP contribution in [0.1, 0.15) is 17.2 Å². The molecule has 0 bridgehead atoms. The summed E-state index contributed by atoms with van der Waals surface area (Å²) in [5.74, 6) is 0.219. The fourth-order valence-corrected chi connectivity index (χ4v) is 1.23. The van der Waals surface area contributed by atoms with E-state index >= 15 is 0 Å². The highest BCUT2D eigenvalue weighted by atomic mass is 32.1. The molecule has 0 aromatic heterocycles. The predicted molar refractivity (Wildman–Crippen MR) is 51.9 cm³/mol. The van der Waals surface area contributed by atoms with Gasteiger partial charge in [-0.1, -0.05) is 12.1 Å². The Balaban J connectivity index is 3.01. The van der Waals surface area contributed by atoms with Crippen LogP contribution < -0.4 is 5.73 Å². The zero-order valence-corrected chi connectivity index (χ0v) is 7.81. The quantitative estimate of drug-likeness (QED) is 0.678. The van der Waals surface area contributed by atoms with Gasteiger partial charge in [0, 0.05) is 17.4 Å². The van der Waals surface area contributed by atoms with Crippen molar-refractivity contribution in [2.75, 3.05) is 5.75 Å². The van der Waals surface area contributed by atoms with E-state index in [9.17, 15) is 4.39 Å². The van der Waals surface area contributed by atoms with Gasteiger partial charge in [0.1, 0.15) is 5.82 Å². The first-order valence-corrected chi connectivity index (χ1v) is 4.41. The number of hydrogen-bond donors (Lipinski definition) is 2. The van der Waals surface area contributed by atoms with Crippen LogP contribution in [-0.4, -0.2) is 5.75 Å². The first kappa shape index (κ1) is 9.55. The number of hydrogen-bond acceptors (Lipinski definition) is 2. The second-order valence-electron chi connectivity index (χ2n) is 2.81. The molecule has 1 rings (SSSR count). The second kappa shape index (κ2) is 3.92. The van der Waals surface area contributed by atoms with E-state index in [4.69, 9.17) is 5.73 Å². The third-order valence-corrected chi connectivity index (χ3v) is 2.15. The Morgan fingerprint density at radius 3 is 2.75 bits per heavy atom. The summed E-state index contributed by atoms with van der Waals surface area (Å²) in [6.45, 7) is 1.85. The van der Waals surface area contributed by atoms with Gasteiger partial charge in [-0.3, -0.25) is 0 Å². The Morgan fingerprint density at radius 2 is 2.25 bits per heavy atom. The first-order valence-electron chi connectivity index (χ1n) is 3.77. The average Bonchev–Trinajstić information content (AvgIpc) is 2.03. The summed E-state index contributed by atoms with van der Waals surface area (Å²) in [7, 11) is 0. The molecule has 12 heavy (non-hydrogen) atoms. The molecule has 0 radical (unpaired) electrons. The van der Waals surface area contributed by atoms with Crippen LogP contribution in [0.5, 0.6) is 0 Å². The van der Waals surface area contributed by atoms with E-state index in [0.29, 0.717) is 11.3 Å². The second-order valence-corrected chi connectivity index (χ2v) is 3.18. The fourth-order valence-electron chi connectivity index (χ4n) is 1.03. The third kappa shape index (κ3) is 1.99. The van der Waals surface area contributed by atoms with Crippen LogP contribution in [0.15, 0.2) is 18.2 Å². The van der Waals surface area contributed by atoms with E-state index in [1.807, 2.05) is 13.0 Å². The molecule has 0 aliphatic heterocycles. The van der Waals surface area contributed by atoms with E-state index < -0.39 is 0 Å². The third-order valence-electron chi connectivity index (χ3n) is 1.75. The van der Waals surface area contributed by atoms with E-state index in [0.717, 1.165) is 5.56 Å². The summed E-state index contributed by atoms with van der Waals surface area (Å²) < 4.78 is 13.2. The minimum atomic E-state index is -0.311. The number of halogens is 1. The van der Waals surface area contributed by atoms with Gasteiger partial charge >= 0.3 is 0 Å².